The van der Waals surface area contributed by atoms with Crippen LogP contribution in [0.5, 0.6) is 5.88 Å². The van der Waals surface area contributed by atoms with E-state index >= 15 is 4.39 Å². The highest BCUT2D eigenvalue weighted by atomic mass is 19.1. The molecule has 3 aromatic carbocycles. The summed E-state index contributed by atoms with van der Waals surface area (Å²) in [6.45, 7) is 8.35. The lowest BCUT2D eigenvalue weighted by Crippen LogP contribution is -2.05. The zero-order chi connectivity index (χ0) is 28.8. The first-order valence-electron chi connectivity index (χ1n) is 13.2. The van der Waals surface area contributed by atoms with E-state index in [9.17, 15) is 14.3 Å². The molecule has 0 bridgehead atoms. The fourth-order valence-electron chi connectivity index (χ4n) is 4.39. The Hall–Kier alpha value is -4.59. The second-order valence-electron chi connectivity index (χ2n) is 9.01. The van der Waals surface area contributed by atoms with Gasteiger partial charge in [0.25, 0.3) is 0 Å². The Kier molecular flexibility index (Phi) is 8.89. The molecule has 0 aliphatic heterocycles. The quantitative estimate of drug-likeness (QED) is 0.218. The Labute approximate surface area is 231 Å². The molecule has 2 heterocycles. The van der Waals surface area contributed by atoms with Crippen LogP contribution in [0.2, 0.25) is 0 Å². The molecule has 0 saturated heterocycles. The first-order chi connectivity index (χ1) is 19.3. The van der Waals surface area contributed by atoms with Crippen molar-refractivity contribution in [2.75, 3.05) is 0 Å². The number of carbonyl (C=O) groups is 1. The predicted molar refractivity (Wildman–Crippen MR) is 152 cm³/mol. The number of aromatic nitrogens is 3. The number of carboxylic acid groups (broad SMARTS) is 1. The molecule has 0 spiro atoms. The van der Waals surface area contributed by atoms with E-state index in [1.54, 1.807) is 48.5 Å². The average Bonchev–Trinajstić information content (AvgIpc) is 3.31. The SMILES string of the molecule is CC.CCn1c(Cc2ccc(-c3cccc(OCc4ccc(C)cc4F)n3)cc2F)nc2ccc(C(=O)O)cc21. The van der Waals surface area contributed by atoms with Crippen LogP contribution in [0.4, 0.5) is 8.78 Å². The molecule has 8 heteroatoms. The summed E-state index contributed by atoms with van der Waals surface area (Å²) in [5.41, 5.74) is 4.36. The third kappa shape index (κ3) is 6.17. The number of nitrogens with zero attached hydrogens (tertiary/aromatic N) is 3. The van der Waals surface area contributed by atoms with Crippen molar-refractivity contribution >= 4 is 17.0 Å². The number of imidazole rings is 1. The van der Waals surface area contributed by atoms with Crippen molar-refractivity contribution in [1.82, 2.24) is 14.5 Å². The maximum atomic E-state index is 15.2. The Morgan fingerprint density at radius 2 is 1.68 bits per heavy atom. The molecule has 40 heavy (non-hydrogen) atoms. The van der Waals surface area contributed by atoms with Gasteiger partial charge >= 0.3 is 5.97 Å². The number of hydrogen-bond acceptors (Lipinski definition) is 4. The first kappa shape index (κ1) is 28.4. The highest BCUT2D eigenvalue weighted by Crippen LogP contribution is 2.26. The van der Waals surface area contributed by atoms with Gasteiger partial charge in [-0.3, -0.25) is 0 Å². The summed E-state index contributed by atoms with van der Waals surface area (Å²) in [6.07, 6.45) is 0.246. The number of ether oxygens (including phenoxy) is 1. The normalized spacial score (nSPS) is 10.8. The fraction of sp³-hybridized carbons (Fsp3) is 0.219. The lowest BCUT2D eigenvalue weighted by molar-refractivity contribution is 0.0697. The van der Waals surface area contributed by atoms with Crippen LogP contribution in [0.3, 0.4) is 0 Å². The van der Waals surface area contributed by atoms with E-state index in [1.165, 1.54) is 18.2 Å². The molecule has 2 aromatic heterocycles. The van der Waals surface area contributed by atoms with Gasteiger partial charge in [-0.05, 0) is 61.4 Å². The summed E-state index contributed by atoms with van der Waals surface area (Å²) in [6, 6.07) is 19.8. The van der Waals surface area contributed by atoms with Gasteiger partial charge < -0.3 is 14.4 Å². The van der Waals surface area contributed by atoms with Crippen molar-refractivity contribution in [3.05, 3.63) is 113 Å². The minimum Gasteiger partial charge on any atom is -0.478 e. The molecule has 0 radical (unpaired) electrons. The minimum absolute atomic E-state index is 0.0300. The zero-order valence-corrected chi connectivity index (χ0v) is 22.9. The molecule has 5 aromatic rings. The molecule has 0 unspecified atom stereocenters. The third-order valence-electron chi connectivity index (χ3n) is 6.40. The van der Waals surface area contributed by atoms with Gasteiger partial charge in [-0.1, -0.05) is 44.2 Å². The maximum Gasteiger partial charge on any atom is 0.335 e. The molecule has 0 amide bonds. The number of hydrogen-bond donors (Lipinski definition) is 1. The van der Waals surface area contributed by atoms with Crippen molar-refractivity contribution < 1.29 is 23.4 Å². The van der Waals surface area contributed by atoms with Crippen LogP contribution in [-0.2, 0) is 19.6 Å². The van der Waals surface area contributed by atoms with Crippen molar-refractivity contribution in [2.45, 2.75) is 47.3 Å². The fourth-order valence-corrected chi connectivity index (χ4v) is 4.39. The van der Waals surface area contributed by atoms with E-state index < -0.39 is 11.8 Å². The molecule has 0 atom stereocenters. The Bertz CT molecular complexity index is 1660. The summed E-state index contributed by atoms with van der Waals surface area (Å²) in [7, 11) is 0. The van der Waals surface area contributed by atoms with Crippen molar-refractivity contribution in [3.8, 4) is 17.1 Å². The summed E-state index contributed by atoms with van der Waals surface area (Å²) < 4.78 is 36.9. The summed E-state index contributed by atoms with van der Waals surface area (Å²) in [5, 5.41) is 9.32. The molecule has 5 rings (SSSR count). The van der Waals surface area contributed by atoms with Crippen LogP contribution >= 0.6 is 0 Å². The molecule has 1 N–H and O–H groups in total. The van der Waals surface area contributed by atoms with Gasteiger partial charge in [-0.15, -0.1) is 0 Å². The summed E-state index contributed by atoms with van der Waals surface area (Å²) >= 11 is 0. The molecular formula is C32H31F2N3O3. The van der Waals surface area contributed by atoms with E-state index in [4.69, 9.17) is 4.74 Å². The van der Waals surface area contributed by atoms with Gasteiger partial charge in [0.2, 0.25) is 5.88 Å². The van der Waals surface area contributed by atoms with Gasteiger partial charge in [-0.2, -0.15) is 0 Å². The second-order valence-corrected chi connectivity index (χ2v) is 9.01. The van der Waals surface area contributed by atoms with Gasteiger partial charge in [0.05, 0.1) is 22.3 Å². The van der Waals surface area contributed by atoms with Gasteiger partial charge in [0, 0.05) is 30.2 Å². The largest absolute Gasteiger partial charge is 0.478 e. The lowest BCUT2D eigenvalue weighted by atomic mass is 10.1. The number of rotatable bonds is 8. The van der Waals surface area contributed by atoms with E-state index in [1.807, 2.05) is 38.3 Å². The first-order valence-corrected chi connectivity index (χ1v) is 13.2. The number of benzene rings is 3. The Morgan fingerprint density at radius 3 is 2.38 bits per heavy atom. The molecule has 0 fully saturated rings. The van der Waals surface area contributed by atoms with Crippen LogP contribution in [0.15, 0.2) is 72.8 Å². The van der Waals surface area contributed by atoms with Gasteiger partial charge in [-0.25, -0.2) is 23.5 Å². The standard InChI is InChI=1S/C30H25F2N3O3.C2H6/c1-3-35-27-15-21(30(36)37)11-12-26(27)33-28(35)16-19-9-10-20(14-24(19)32)25-5-4-6-29(34-25)38-17-22-8-7-18(2)13-23(22)31;1-2/h4-15H,3,16-17H2,1-2H3,(H,36,37);1-2H3. The van der Waals surface area contributed by atoms with Crippen LogP contribution in [-0.4, -0.2) is 25.6 Å². The summed E-state index contributed by atoms with van der Waals surface area (Å²) in [4.78, 5) is 20.5. The highest BCUT2D eigenvalue weighted by Gasteiger charge is 2.15. The number of pyridine rings is 1. The Balaban J connectivity index is 0.00000181. The lowest BCUT2D eigenvalue weighted by Gasteiger charge is -2.10. The molecule has 206 valence electrons. The number of fused-ring (bicyclic) bond motifs is 1. The Morgan fingerprint density at radius 1 is 0.925 bits per heavy atom. The molecular weight excluding hydrogens is 512 g/mol. The van der Waals surface area contributed by atoms with Crippen LogP contribution in [0.1, 0.15) is 53.6 Å². The van der Waals surface area contributed by atoms with Gasteiger partial charge in [0.1, 0.15) is 24.1 Å². The van der Waals surface area contributed by atoms with Crippen LogP contribution in [0, 0.1) is 18.6 Å². The van der Waals surface area contributed by atoms with E-state index in [2.05, 4.69) is 9.97 Å². The zero-order valence-electron chi connectivity index (χ0n) is 22.9. The van der Waals surface area contributed by atoms with Crippen molar-refractivity contribution in [3.63, 3.8) is 0 Å². The van der Waals surface area contributed by atoms with Crippen molar-refractivity contribution in [2.24, 2.45) is 0 Å². The van der Waals surface area contributed by atoms with Crippen LogP contribution < -0.4 is 4.74 Å². The molecule has 0 aliphatic carbocycles. The number of carboxylic acids is 1. The molecule has 6 nitrogen and oxygen atoms in total. The number of aromatic carboxylic acids is 1. The average molecular weight is 544 g/mol. The predicted octanol–water partition coefficient (Wildman–Crippen LogP) is 7.60. The van der Waals surface area contributed by atoms with E-state index in [-0.39, 0.29) is 24.4 Å². The topological polar surface area (TPSA) is 77.2 Å². The number of aryl methyl sites for hydroxylation is 2. The maximum absolute atomic E-state index is 15.2. The monoisotopic (exact) mass is 543 g/mol. The highest BCUT2D eigenvalue weighted by molar-refractivity contribution is 5.92. The smallest absolute Gasteiger partial charge is 0.335 e. The summed E-state index contributed by atoms with van der Waals surface area (Å²) in [5.74, 6) is -0.793. The molecule has 0 aliphatic rings. The van der Waals surface area contributed by atoms with E-state index in [0.717, 1.165) is 5.56 Å². The second kappa shape index (κ2) is 12.5. The van der Waals surface area contributed by atoms with Crippen molar-refractivity contribution in [1.29, 1.82) is 0 Å². The van der Waals surface area contributed by atoms with Crippen LogP contribution in [0.25, 0.3) is 22.3 Å². The minimum atomic E-state index is -1.01. The molecule has 0 saturated carbocycles. The van der Waals surface area contributed by atoms with E-state index in [0.29, 0.717) is 51.7 Å². The van der Waals surface area contributed by atoms with Gasteiger partial charge in [0.15, 0.2) is 0 Å². The third-order valence-corrected chi connectivity index (χ3v) is 6.40. The number of halogens is 2.